The second kappa shape index (κ2) is 5.35. The summed E-state index contributed by atoms with van der Waals surface area (Å²) in [5, 5.41) is 8.09. The van der Waals surface area contributed by atoms with Crippen molar-refractivity contribution in [2.75, 3.05) is 12.4 Å². The Bertz CT molecular complexity index is 339. The van der Waals surface area contributed by atoms with Crippen LogP contribution in [0.1, 0.15) is 0 Å². The summed E-state index contributed by atoms with van der Waals surface area (Å²) in [7, 11) is -4.17. The highest BCUT2D eigenvalue weighted by Gasteiger charge is 2.05. The third-order valence-corrected chi connectivity index (χ3v) is 1.63. The van der Waals surface area contributed by atoms with Crippen LogP contribution >= 0.6 is 0 Å². The zero-order chi connectivity index (χ0) is 11.2. The van der Waals surface area contributed by atoms with Gasteiger partial charge in [-0.3, -0.25) is 4.55 Å². The van der Waals surface area contributed by atoms with Crippen molar-refractivity contribution >= 4 is 22.1 Å². The number of esters is 1. The number of carbonyl (C=O) groups is 2. The lowest BCUT2D eigenvalue weighted by Gasteiger charge is -1.98. The van der Waals surface area contributed by atoms with Gasteiger partial charge in [-0.1, -0.05) is 0 Å². The van der Waals surface area contributed by atoms with E-state index in [1.807, 2.05) is 0 Å². The average Bonchev–Trinajstić information content (AvgIpc) is 1.98. The van der Waals surface area contributed by atoms with Gasteiger partial charge in [0.1, 0.15) is 12.4 Å². The minimum Gasteiger partial charge on any atom is -0.478 e. The van der Waals surface area contributed by atoms with E-state index in [9.17, 15) is 18.0 Å². The number of hydrogen-bond donors (Lipinski definition) is 2. The van der Waals surface area contributed by atoms with Crippen LogP contribution in [0.15, 0.2) is 12.2 Å². The van der Waals surface area contributed by atoms with Gasteiger partial charge < -0.3 is 9.84 Å². The fraction of sp³-hybridized carbons (Fsp3) is 0.333. The first kappa shape index (κ1) is 12.6. The van der Waals surface area contributed by atoms with Crippen LogP contribution in [0.2, 0.25) is 0 Å². The van der Waals surface area contributed by atoms with Crippen LogP contribution in [0.5, 0.6) is 0 Å². The van der Waals surface area contributed by atoms with Crippen molar-refractivity contribution < 1.29 is 32.4 Å². The number of carboxylic acids is 1. The molecule has 0 fully saturated rings. The zero-order valence-electron chi connectivity index (χ0n) is 6.91. The van der Waals surface area contributed by atoms with Crippen LogP contribution in [0.3, 0.4) is 0 Å². The summed E-state index contributed by atoms with van der Waals surface area (Å²) in [6, 6.07) is 0. The minimum atomic E-state index is -4.17. The van der Waals surface area contributed by atoms with Gasteiger partial charge in [-0.25, -0.2) is 9.59 Å². The van der Waals surface area contributed by atoms with E-state index in [0.29, 0.717) is 12.2 Å². The molecule has 8 heteroatoms. The molecule has 0 heterocycles. The lowest BCUT2D eigenvalue weighted by atomic mass is 10.5. The maximum Gasteiger partial charge on any atom is 0.331 e. The van der Waals surface area contributed by atoms with Gasteiger partial charge in [-0.05, 0) is 0 Å². The van der Waals surface area contributed by atoms with E-state index >= 15 is 0 Å². The second-order valence-corrected chi connectivity index (χ2v) is 3.70. The van der Waals surface area contributed by atoms with Gasteiger partial charge in [0.05, 0.1) is 0 Å². The number of hydrogen-bond acceptors (Lipinski definition) is 5. The summed E-state index contributed by atoms with van der Waals surface area (Å²) < 4.78 is 32.7. The highest BCUT2D eigenvalue weighted by molar-refractivity contribution is 7.85. The van der Waals surface area contributed by atoms with Crippen LogP contribution < -0.4 is 0 Å². The smallest absolute Gasteiger partial charge is 0.331 e. The van der Waals surface area contributed by atoms with Crippen molar-refractivity contribution in [3.8, 4) is 0 Å². The van der Waals surface area contributed by atoms with E-state index in [4.69, 9.17) is 9.66 Å². The van der Waals surface area contributed by atoms with E-state index in [0.717, 1.165) is 0 Å². The van der Waals surface area contributed by atoms with Crippen molar-refractivity contribution in [1.82, 2.24) is 0 Å². The molecule has 2 N–H and O–H groups in total. The van der Waals surface area contributed by atoms with E-state index in [-0.39, 0.29) is 0 Å². The highest BCUT2D eigenvalue weighted by atomic mass is 32.2. The Morgan fingerprint density at radius 1 is 1.29 bits per heavy atom. The third kappa shape index (κ3) is 8.68. The van der Waals surface area contributed by atoms with Crippen LogP contribution in [-0.4, -0.2) is 42.4 Å². The molecule has 0 rings (SSSR count). The van der Waals surface area contributed by atoms with Crippen molar-refractivity contribution in [2.45, 2.75) is 0 Å². The lowest BCUT2D eigenvalue weighted by Crippen LogP contribution is -2.13. The van der Waals surface area contributed by atoms with Gasteiger partial charge in [0, 0.05) is 12.2 Å². The Hall–Kier alpha value is -1.41. The zero-order valence-corrected chi connectivity index (χ0v) is 7.73. The maximum absolute atomic E-state index is 10.6. The maximum atomic E-state index is 10.6. The van der Waals surface area contributed by atoms with Crippen molar-refractivity contribution in [2.24, 2.45) is 0 Å². The van der Waals surface area contributed by atoms with Gasteiger partial charge in [0.2, 0.25) is 0 Å². The molecule has 0 aliphatic heterocycles. The van der Waals surface area contributed by atoms with E-state index < -0.39 is 34.4 Å². The number of carboxylic acid groups (broad SMARTS) is 1. The number of ether oxygens (including phenoxy) is 1. The standard InChI is InChI=1S/C6H8O7S/c7-5(8)1-2-6(9)13-3-4-14(10,11)12/h1-2H,3-4H2,(H,7,8)(H,10,11,12). The van der Waals surface area contributed by atoms with E-state index in [2.05, 4.69) is 4.74 Å². The molecule has 14 heavy (non-hydrogen) atoms. The predicted octanol–water partition coefficient (Wildman–Crippen LogP) is -0.942. The fourth-order valence-electron chi connectivity index (χ4n) is 0.435. The summed E-state index contributed by atoms with van der Waals surface area (Å²) >= 11 is 0. The van der Waals surface area contributed by atoms with Crippen LogP contribution in [0.4, 0.5) is 0 Å². The van der Waals surface area contributed by atoms with Crippen LogP contribution in [0.25, 0.3) is 0 Å². The summed E-state index contributed by atoms with van der Waals surface area (Å²) in [5.74, 6) is -3.03. The van der Waals surface area contributed by atoms with Gasteiger partial charge in [0.15, 0.2) is 0 Å². The number of rotatable bonds is 5. The first-order valence-electron chi connectivity index (χ1n) is 3.34. The van der Waals surface area contributed by atoms with Gasteiger partial charge in [-0.15, -0.1) is 0 Å². The number of aliphatic carboxylic acids is 1. The summed E-state index contributed by atoms with van der Waals surface area (Å²) in [5.41, 5.74) is 0. The normalized spacial score (nSPS) is 11.5. The Labute approximate surface area is 79.7 Å². The number of carbonyl (C=O) groups excluding carboxylic acids is 1. The molecular formula is C6H8O7S. The molecule has 0 aromatic rings. The Morgan fingerprint density at radius 3 is 2.29 bits per heavy atom. The average molecular weight is 224 g/mol. The molecule has 0 bridgehead atoms. The molecule has 0 atom stereocenters. The Kier molecular flexibility index (Phi) is 4.81. The van der Waals surface area contributed by atoms with Crippen LogP contribution in [0, 0.1) is 0 Å². The van der Waals surface area contributed by atoms with Crippen molar-refractivity contribution in [3.63, 3.8) is 0 Å². The summed E-state index contributed by atoms with van der Waals surface area (Å²) in [6.45, 7) is -0.526. The van der Waals surface area contributed by atoms with Gasteiger partial charge in [-0.2, -0.15) is 8.42 Å². The SMILES string of the molecule is O=C(O)C=CC(=O)OCCS(=O)(=O)O. The first-order chi connectivity index (χ1) is 6.31. The van der Waals surface area contributed by atoms with Gasteiger partial charge >= 0.3 is 11.9 Å². The predicted molar refractivity (Wildman–Crippen MR) is 44.2 cm³/mol. The van der Waals surface area contributed by atoms with E-state index in [1.165, 1.54) is 0 Å². The highest BCUT2D eigenvalue weighted by Crippen LogP contribution is 1.86. The second-order valence-electron chi connectivity index (χ2n) is 2.13. The van der Waals surface area contributed by atoms with Crippen LogP contribution in [-0.2, 0) is 24.4 Å². The minimum absolute atomic E-state index is 0.526. The molecule has 0 unspecified atom stereocenters. The Balaban J connectivity index is 3.82. The molecule has 0 saturated heterocycles. The summed E-state index contributed by atoms with van der Waals surface area (Å²) in [6.07, 6.45) is 1.18. The van der Waals surface area contributed by atoms with Crippen molar-refractivity contribution in [1.29, 1.82) is 0 Å². The fourth-order valence-corrected chi connectivity index (χ4v) is 0.729. The monoisotopic (exact) mass is 224 g/mol. The molecule has 0 saturated carbocycles. The van der Waals surface area contributed by atoms with Crippen molar-refractivity contribution in [3.05, 3.63) is 12.2 Å². The molecule has 0 aromatic carbocycles. The molecule has 0 aromatic heterocycles. The molecule has 0 spiro atoms. The topological polar surface area (TPSA) is 118 Å². The molecular weight excluding hydrogens is 216 g/mol. The molecule has 0 radical (unpaired) electrons. The first-order valence-corrected chi connectivity index (χ1v) is 4.95. The Morgan fingerprint density at radius 2 is 1.86 bits per heavy atom. The quantitative estimate of drug-likeness (QED) is 0.351. The third-order valence-electron chi connectivity index (χ3n) is 0.948. The molecule has 0 amide bonds. The largest absolute Gasteiger partial charge is 0.478 e. The molecule has 0 aliphatic rings. The molecule has 80 valence electrons. The van der Waals surface area contributed by atoms with E-state index in [1.54, 1.807) is 0 Å². The molecule has 7 nitrogen and oxygen atoms in total. The van der Waals surface area contributed by atoms with Gasteiger partial charge in [0.25, 0.3) is 10.1 Å². The molecule has 0 aliphatic carbocycles. The summed E-state index contributed by atoms with van der Waals surface area (Å²) in [4.78, 5) is 20.5. The lowest BCUT2D eigenvalue weighted by molar-refractivity contribution is -0.138.